The molecule has 0 aromatic rings. The van der Waals surface area contributed by atoms with Crippen molar-refractivity contribution in [2.45, 2.75) is 6.92 Å². The predicted molar refractivity (Wildman–Crippen MR) is 46.5 cm³/mol. The monoisotopic (exact) mass is 211 g/mol. The summed E-state index contributed by atoms with van der Waals surface area (Å²) in [5.74, 6) is -1.24. The third-order valence-electron chi connectivity index (χ3n) is 1.02. The first-order valence-electron chi connectivity index (χ1n) is 2.87. The van der Waals surface area contributed by atoms with Crippen molar-refractivity contribution in [3.8, 4) is 0 Å². The van der Waals surface area contributed by atoms with Crippen LogP contribution in [-0.4, -0.2) is 23.9 Å². The van der Waals surface area contributed by atoms with Gasteiger partial charge >= 0.3 is 5.97 Å². The molecule has 0 aliphatic rings. The normalized spacial score (nSPS) is 10.8. The number of hydrogen-bond donors (Lipinski definition) is 1. The van der Waals surface area contributed by atoms with Gasteiger partial charge in [-0.2, -0.15) is 0 Å². The van der Waals surface area contributed by atoms with Crippen LogP contribution < -0.4 is 0 Å². The Morgan fingerprint density at radius 1 is 1.50 bits per heavy atom. The maximum atomic E-state index is 10.5. The van der Waals surface area contributed by atoms with Gasteiger partial charge in [0.2, 0.25) is 0 Å². The zero-order valence-corrected chi connectivity index (χ0v) is 7.98. The Kier molecular flexibility index (Phi) is 4.70. The molecule has 0 saturated heterocycles. The summed E-state index contributed by atoms with van der Waals surface area (Å²) in [6.45, 7) is 1.43. The fourth-order valence-corrected chi connectivity index (χ4v) is 0.628. The molecule has 0 spiro atoms. The van der Waals surface area contributed by atoms with Gasteiger partial charge < -0.3 is 9.94 Å². The van der Waals surface area contributed by atoms with Gasteiger partial charge in [0.05, 0.1) is 0 Å². The van der Waals surface area contributed by atoms with Gasteiger partial charge in [-0.1, -0.05) is 28.4 Å². The third-order valence-corrected chi connectivity index (χ3v) is 1.59. The van der Waals surface area contributed by atoms with E-state index < -0.39 is 5.97 Å². The summed E-state index contributed by atoms with van der Waals surface area (Å²) in [7, 11) is 1.23. The van der Waals surface area contributed by atoms with E-state index in [1.54, 1.807) is 0 Å². The second kappa shape index (κ2) is 5.00. The molecule has 0 atom stereocenters. The Hall–Kier alpha value is -0.740. The molecule has 0 bridgehead atoms. The number of aliphatic carboxylic acids is 1. The van der Waals surface area contributed by atoms with Crippen molar-refractivity contribution in [2.24, 2.45) is 5.16 Å². The number of rotatable bonds is 3. The van der Waals surface area contributed by atoms with Crippen LogP contribution in [0.4, 0.5) is 0 Å². The van der Waals surface area contributed by atoms with E-state index in [9.17, 15) is 4.79 Å². The van der Waals surface area contributed by atoms with Crippen LogP contribution in [0.5, 0.6) is 0 Å². The van der Waals surface area contributed by atoms with Gasteiger partial charge in [-0.3, -0.25) is 0 Å². The number of nitrogens with zero attached hydrogens (tertiary/aromatic N) is 1. The Bertz CT molecular complexity index is 243. The molecular weight excluding hydrogens is 205 g/mol. The lowest BCUT2D eigenvalue weighted by molar-refractivity contribution is -0.129. The second-order valence-corrected chi connectivity index (χ2v) is 2.76. The Morgan fingerprint density at radius 3 is 2.25 bits per heavy atom. The van der Waals surface area contributed by atoms with Gasteiger partial charge in [0.25, 0.3) is 0 Å². The molecule has 0 saturated carbocycles. The Labute approximate surface area is 79.4 Å². The summed E-state index contributed by atoms with van der Waals surface area (Å²) in [6.07, 6.45) is 0. The average Bonchev–Trinajstić information content (AvgIpc) is 1.98. The predicted octanol–water partition coefficient (Wildman–Crippen LogP) is 1.78. The Morgan fingerprint density at radius 2 is 2.00 bits per heavy atom. The summed E-state index contributed by atoms with van der Waals surface area (Å²) in [4.78, 5) is 14.8. The van der Waals surface area contributed by atoms with E-state index >= 15 is 0 Å². The first-order chi connectivity index (χ1) is 5.50. The first kappa shape index (κ1) is 11.3. The highest BCUT2D eigenvalue weighted by Gasteiger charge is 2.15. The van der Waals surface area contributed by atoms with Crippen LogP contribution in [0.3, 0.4) is 0 Å². The largest absolute Gasteiger partial charge is 0.476 e. The van der Waals surface area contributed by atoms with E-state index in [1.165, 1.54) is 14.0 Å². The molecule has 0 amide bonds. The summed E-state index contributed by atoms with van der Waals surface area (Å²) < 4.78 is -0.145. The van der Waals surface area contributed by atoms with Crippen molar-refractivity contribution in [1.29, 1.82) is 0 Å². The molecule has 12 heavy (non-hydrogen) atoms. The van der Waals surface area contributed by atoms with Gasteiger partial charge in [-0.25, -0.2) is 4.79 Å². The quantitative estimate of drug-likeness (QED) is 0.572. The van der Waals surface area contributed by atoms with Crippen LogP contribution in [-0.2, 0) is 9.63 Å². The highest BCUT2D eigenvalue weighted by Crippen LogP contribution is 2.15. The highest BCUT2D eigenvalue weighted by molar-refractivity contribution is 6.59. The van der Waals surface area contributed by atoms with Gasteiger partial charge in [0.15, 0.2) is 5.71 Å². The molecule has 0 aromatic carbocycles. The molecule has 68 valence electrons. The molecule has 6 heteroatoms. The lowest BCUT2D eigenvalue weighted by Gasteiger charge is -1.99. The van der Waals surface area contributed by atoms with E-state index in [0.29, 0.717) is 0 Å². The molecular formula is C6H7Cl2NO3. The zero-order chi connectivity index (χ0) is 9.72. The number of hydrogen-bond acceptors (Lipinski definition) is 3. The SMILES string of the molecule is CO/N=C(\C(=O)O)C(C)=C(Cl)Cl. The number of oxime groups is 1. The van der Waals surface area contributed by atoms with Gasteiger partial charge in [-0.05, 0) is 6.92 Å². The minimum absolute atomic E-state index is 0.145. The lowest BCUT2D eigenvalue weighted by atomic mass is 10.2. The zero-order valence-electron chi connectivity index (χ0n) is 6.47. The molecule has 0 rings (SSSR count). The average molecular weight is 212 g/mol. The molecule has 4 nitrogen and oxygen atoms in total. The fourth-order valence-electron chi connectivity index (χ4n) is 0.449. The summed E-state index contributed by atoms with van der Waals surface area (Å²) in [6, 6.07) is 0. The standard InChI is InChI=1S/C6H7Cl2NO3/c1-3(5(7)8)4(6(10)11)9-12-2/h1-2H3,(H,10,11)/b9-4-. The van der Waals surface area contributed by atoms with Gasteiger partial charge in [-0.15, -0.1) is 0 Å². The van der Waals surface area contributed by atoms with Crippen molar-refractivity contribution in [3.63, 3.8) is 0 Å². The maximum Gasteiger partial charge on any atom is 0.358 e. The topological polar surface area (TPSA) is 58.9 Å². The van der Waals surface area contributed by atoms with Crippen molar-refractivity contribution >= 4 is 34.9 Å². The maximum absolute atomic E-state index is 10.5. The van der Waals surface area contributed by atoms with Crippen LogP contribution in [0, 0.1) is 0 Å². The molecule has 0 unspecified atom stereocenters. The minimum atomic E-state index is -1.24. The van der Waals surface area contributed by atoms with Gasteiger partial charge in [0.1, 0.15) is 11.6 Å². The minimum Gasteiger partial charge on any atom is -0.476 e. The number of carbonyl (C=O) groups is 1. The van der Waals surface area contributed by atoms with Crippen molar-refractivity contribution in [1.82, 2.24) is 0 Å². The summed E-state index contributed by atoms with van der Waals surface area (Å²) in [5.41, 5.74) is -0.148. The smallest absolute Gasteiger partial charge is 0.358 e. The van der Waals surface area contributed by atoms with Crippen LogP contribution in [0.1, 0.15) is 6.92 Å². The number of halogens is 2. The van der Waals surface area contributed by atoms with Gasteiger partial charge in [0, 0.05) is 5.57 Å². The fraction of sp³-hybridized carbons (Fsp3) is 0.333. The number of carboxylic acids is 1. The molecule has 0 aliphatic heterocycles. The van der Waals surface area contributed by atoms with Crippen molar-refractivity contribution in [2.75, 3.05) is 7.11 Å². The molecule has 0 radical (unpaired) electrons. The van der Waals surface area contributed by atoms with Crippen LogP contribution in [0.15, 0.2) is 15.2 Å². The number of carboxylic acid groups (broad SMARTS) is 1. The lowest BCUT2D eigenvalue weighted by Crippen LogP contribution is -2.14. The third kappa shape index (κ3) is 3.11. The highest BCUT2D eigenvalue weighted by atomic mass is 35.5. The first-order valence-corrected chi connectivity index (χ1v) is 3.63. The molecule has 0 aliphatic carbocycles. The summed E-state index contributed by atoms with van der Waals surface area (Å²) >= 11 is 10.7. The molecule has 0 heterocycles. The van der Waals surface area contributed by atoms with Crippen molar-refractivity contribution < 1.29 is 14.7 Å². The molecule has 0 aromatic heterocycles. The summed E-state index contributed by atoms with van der Waals surface area (Å²) in [5, 5.41) is 11.8. The van der Waals surface area contributed by atoms with E-state index in [1.807, 2.05) is 0 Å². The van der Waals surface area contributed by atoms with E-state index in [-0.39, 0.29) is 15.8 Å². The van der Waals surface area contributed by atoms with E-state index in [4.69, 9.17) is 28.3 Å². The molecule has 1 N–H and O–H groups in total. The van der Waals surface area contributed by atoms with E-state index in [0.717, 1.165) is 0 Å². The van der Waals surface area contributed by atoms with Crippen LogP contribution in [0.2, 0.25) is 0 Å². The van der Waals surface area contributed by atoms with Crippen molar-refractivity contribution in [3.05, 3.63) is 10.1 Å². The van der Waals surface area contributed by atoms with Crippen LogP contribution >= 0.6 is 23.2 Å². The van der Waals surface area contributed by atoms with Crippen LogP contribution in [0.25, 0.3) is 0 Å². The van der Waals surface area contributed by atoms with E-state index in [2.05, 4.69) is 9.99 Å². The second-order valence-electron chi connectivity index (χ2n) is 1.81. The Balaban J connectivity index is 4.90. The molecule has 0 fully saturated rings.